The third-order valence-corrected chi connectivity index (χ3v) is 3.90. The first-order chi connectivity index (χ1) is 9.79. The van der Waals surface area contributed by atoms with Crippen molar-refractivity contribution in [3.05, 3.63) is 35.4 Å². The maximum Gasteiger partial charge on any atom is 0.164 e. The molecule has 20 heavy (non-hydrogen) atoms. The van der Waals surface area contributed by atoms with E-state index in [9.17, 15) is 4.79 Å². The minimum atomic E-state index is 0.269. The molecule has 3 heteroatoms. The number of carbonyl (C=O) groups is 1. The molecule has 1 aromatic carbocycles. The molecule has 1 heterocycles. The zero-order valence-corrected chi connectivity index (χ0v) is 12.5. The van der Waals surface area contributed by atoms with Crippen LogP contribution in [0.1, 0.15) is 42.1 Å². The standard InChI is InChI=1S/C17H26N2O/c1-2-4-15-5-7-16(8-6-15)17(20)9-13-19-12-3-10-18-11-14-19/h5-8,18H,2-4,9-14H2,1H3. The van der Waals surface area contributed by atoms with Crippen molar-refractivity contribution in [2.75, 3.05) is 32.7 Å². The second kappa shape index (κ2) is 8.18. The van der Waals surface area contributed by atoms with Gasteiger partial charge in [-0.05, 0) is 31.5 Å². The molecular formula is C17H26N2O. The van der Waals surface area contributed by atoms with Crippen molar-refractivity contribution >= 4 is 5.78 Å². The molecule has 3 nitrogen and oxygen atoms in total. The summed E-state index contributed by atoms with van der Waals surface area (Å²) < 4.78 is 0. The average Bonchev–Trinajstić information content (AvgIpc) is 2.74. The number of nitrogens with one attached hydrogen (secondary N) is 1. The van der Waals surface area contributed by atoms with Gasteiger partial charge in [0.1, 0.15) is 0 Å². The van der Waals surface area contributed by atoms with E-state index in [0.29, 0.717) is 6.42 Å². The molecule has 0 aromatic heterocycles. The van der Waals surface area contributed by atoms with Crippen LogP contribution in [-0.4, -0.2) is 43.4 Å². The second-order valence-electron chi connectivity index (χ2n) is 5.57. The number of carbonyl (C=O) groups excluding carboxylic acids is 1. The Kier molecular flexibility index (Phi) is 6.22. The number of hydrogen-bond donors (Lipinski definition) is 1. The summed E-state index contributed by atoms with van der Waals surface area (Å²) >= 11 is 0. The Morgan fingerprint density at radius 1 is 1.20 bits per heavy atom. The molecule has 1 fully saturated rings. The van der Waals surface area contributed by atoms with Crippen LogP contribution < -0.4 is 5.32 Å². The van der Waals surface area contributed by atoms with Gasteiger partial charge in [0, 0.05) is 31.6 Å². The maximum absolute atomic E-state index is 12.2. The van der Waals surface area contributed by atoms with E-state index in [2.05, 4.69) is 29.3 Å². The monoisotopic (exact) mass is 274 g/mol. The number of benzene rings is 1. The van der Waals surface area contributed by atoms with Crippen LogP contribution in [0.5, 0.6) is 0 Å². The van der Waals surface area contributed by atoms with E-state index in [-0.39, 0.29) is 5.78 Å². The molecule has 0 atom stereocenters. The van der Waals surface area contributed by atoms with Crippen molar-refractivity contribution in [1.29, 1.82) is 0 Å². The summed E-state index contributed by atoms with van der Waals surface area (Å²) in [5.41, 5.74) is 2.18. The van der Waals surface area contributed by atoms with Crippen molar-refractivity contribution in [2.24, 2.45) is 0 Å². The van der Waals surface area contributed by atoms with Gasteiger partial charge in [-0.3, -0.25) is 4.79 Å². The first-order valence-corrected chi connectivity index (χ1v) is 7.85. The summed E-state index contributed by atoms with van der Waals surface area (Å²) in [7, 11) is 0. The van der Waals surface area contributed by atoms with Gasteiger partial charge in [0.25, 0.3) is 0 Å². The lowest BCUT2D eigenvalue weighted by Crippen LogP contribution is -2.30. The molecule has 0 aliphatic carbocycles. The molecule has 0 saturated carbocycles. The fraction of sp³-hybridized carbons (Fsp3) is 0.588. The smallest absolute Gasteiger partial charge is 0.164 e. The maximum atomic E-state index is 12.2. The number of Topliss-reactive ketones (excluding diaryl/α,β-unsaturated/α-hetero) is 1. The fourth-order valence-corrected chi connectivity index (χ4v) is 2.68. The summed E-state index contributed by atoms with van der Waals surface area (Å²) in [4.78, 5) is 14.6. The summed E-state index contributed by atoms with van der Waals surface area (Å²) in [6.45, 7) is 7.37. The molecule has 1 aliphatic rings. The molecule has 0 spiro atoms. The summed E-state index contributed by atoms with van der Waals surface area (Å²) in [6, 6.07) is 8.15. The van der Waals surface area contributed by atoms with E-state index in [4.69, 9.17) is 0 Å². The quantitative estimate of drug-likeness (QED) is 0.809. The predicted molar refractivity (Wildman–Crippen MR) is 83.3 cm³/mol. The average molecular weight is 274 g/mol. The summed E-state index contributed by atoms with van der Waals surface area (Å²) in [5, 5.41) is 3.39. The zero-order chi connectivity index (χ0) is 14.2. The molecule has 1 N–H and O–H groups in total. The molecule has 0 unspecified atom stereocenters. The van der Waals surface area contributed by atoms with E-state index in [0.717, 1.165) is 51.1 Å². The highest BCUT2D eigenvalue weighted by atomic mass is 16.1. The van der Waals surface area contributed by atoms with Crippen molar-refractivity contribution in [1.82, 2.24) is 10.2 Å². The van der Waals surface area contributed by atoms with Gasteiger partial charge in [0.05, 0.1) is 0 Å². The number of rotatable bonds is 6. The Morgan fingerprint density at radius 2 is 2.00 bits per heavy atom. The van der Waals surface area contributed by atoms with Gasteiger partial charge in [0.2, 0.25) is 0 Å². The van der Waals surface area contributed by atoms with Crippen molar-refractivity contribution < 1.29 is 4.79 Å². The van der Waals surface area contributed by atoms with Crippen molar-refractivity contribution in [3.8, 4) is 0 Å². The molecule has 1 aromatic rings. The second-order valence-corrected chi connectivity index (χ2v) is 5.57. The topological polar surface area (TPSA) is 32.3 Å². The molecule has 0 radical (unpaired) electrons. The fourth-order valence-electron chi connectivity index (χ4n) is 2.68. The van der Waals surface area contributed by atoms with Crippen LogP contribution in [0.3, 0.4) is 0 Å². The van der Waals surface area contributed by atoms with Crippen molar-refractivity contribution in [2.45, 2.75) is 32.6 Å². The minimum absolute atomic E-state index is 0.269. The third kappa shape index (κ3) is 4.73. The van der Waals surface area contributed by atoms with Gasteiger partial charge in [-0.2, -0.15) is 0 Å². The van der Waals surface area contributed by atoms with Gasteiger partial charge in [-0.25, -0.2) is 0 Å². The number of hydrogen-bond acceptors (Lipinski definition) is 3. The Bertz CT molecular complexity index is 406. The molecule has 2 rings (SSSR count). The van der Waals surface area contributed by atoms with E-state index < -0.39 is 0 Å². The van der Waals surface area contributed by atoms with Gasteiger partial charge < -0.3 is 10.2 Å². The Morgan fingerprint density at radius 3 is 2.75 bits per heavy atom. The lowest BCUT2D eigenvalue weighted by molar-refractivity contribution is 0.0965. The highest BCUT2D eigenvalue weighted by Crippen LogP contribution is 2.09. The molecule has 110 valence electrons. The van der Waals surface area contributed by atoms with E-state index >= 15 is 0 Å². The van der Waals surface area contributed by atoms with Crippen molar-refractivity contribution in [3.63, 3.8) is 0 Å². The number of ketones is 1. The normalized spacial score (nSPS) is 16.9. The molecule has 1 saturated heterocycles. The van der Waals surface area contributed by atoms with Crippen LogP contribution in [-0.2, 0) is 6.42 Å². The van der Waals surface area contributed by atoms with Crippen LogP contribution in [0.25, 0.3) is 0 Å². The molecule has 0 bridgehead atoms. The van der Waals surface area contributed by atoms with Crippen LogP contribution in [0, 0.1) is 0 Å². The van der Waals surface area contributed by atoms with Gasteiger partial charge in [-0.1, -0.05) is 37.6 Å². The third-order valence-electron chi connectivity index (χ3n) is 3.90. The summed E-state index contributed by atoms with van der Waals surface area (Å²) in [5.74, 6) is 0.269. The first kappa shape index (κ1) is 15.2. The number of aryl methyl sites for hydroxylation is 1. The van der Waals surface area contributed by atoms with E-state index in [1.807, 2.05) is 12.1 Å². The van der Waals surface area contributed by atoms with Gasteiger partial charge in [0.15, 0.2) is 5.78 Å². The zero-order valence-electron chi connectivity index (χ0n) is 12.5. The molecular weight excluding hydrogens is 248 g/mol. The molecule has 1 aliphatic heterocycles. The lowest BCUT2D eigenvalue weighted by atomic mass is 10.0. The van der Waals surface area contributed by atoms with Crippen LogP contribution >= 0.6 is 0 Å². The molecule has 0 amide bonds. The van der Waals surface area contributed by atoms with E-state index in [1.54, 1.807) is 0 Å². The van der Waals surface area contributed by atoms with Gasteiger partial charge in [-0.15, -0.1) is 0 Å². The largest absolute Gasteiger partial charge is 0.315 e. The SMILES string of the molecule is CCCc1ccc(C(=O)CCN2CCCNCC2)cc1. The van der Waals surface area contributed by atoms with Gasteiger partial charge >= 0.3 is 0 Å². The Hall–Kier alpha value is -1.19. The first-order valence-electron chi connectivity index (χ1n) is 7.85. The minimum Gasteiger partial charge on any atom is -0.315 e. The highest BCUT2D eigenvalue weighted by molar-refractivity contribution is 5.96. The Labute approximate surface area is 122 Å². The number of nitrogens with zero attached hydrogens (tertiary/aromatic N) is 1. The van der Waals surface area contributed by atoms with E-state index in [1.165, 1.54) is 12.0 Å². The van der Waals surface area contributed by atoms with Crippen LogP contribution in [0.4, 0.5) is 0 Å². The highest BCUT2D eigenvalue weighted by Gasteiger charge is 2.11. The lowest BCUT2D eigenvalue weighted by Gasteiger charge is -2.18. The Balaban J connectivity index is 1.81. The summed E-state index contributed by atoms with van der Waals surface area (Å²) in [6.07, 6.45) is 4.05. The van der Waals surface area contributed by atoms with Crippen LogP contribution in [0.15, 0.2) is 24.3 Å². The predicted octanol–water partition coefficient (Wildman–Crippen LogP) is 2.51. The van der Waals surface area contributed by atoms with Crippen LogP contribution in [0.2, 0.25) is 0 Å².